The number of fused-ring (bicyclic) bond motifs is 1. The van der Waals surface area contributed by atoms with Gasteiger partial charge in [0.05, 0.1) is 18.8 Å². The molecule has 0 bridgehead atoms. The fraction of sp³-hybridized carbons (Fsp3) is 0.545. The molecule has 9 nitrogen and oxygen atoms in total. The molecule has 0 unspecified atom stereocenters. The first-order valence-electron chi connectivity index (χ1n) is 10.9. The van der Waals surface area contributed by atoms with Crippen LogP contribution in [-0.4, -0.2) is 75.6 Å². The zero-order valence-corrected chi connectivity index (χ0v) is 19.1. The minimum atomic E-state index is 0.443. The number of nitrogens with zero attached hydrogens (tertiary/aromatic N) is 7. The minimum absolute atomic E-state index is 0.443. The predicted octanol–water partition coefficient (Wildman–Crippen LogP) is 2.76. The zero-order valence-electron chi connectivity index (χ0n) is 19.1. The molecule has 9 heteroatoms. The molecule has 0 amide bonds. The maximum Gasteiger partial charge on any atom is 0.228 e. The number of ether oxygens (including phenoxy) is 1. The van der Waals surface area contributed by atoms with E-state index in [9.17, 15) is 0 Å². The second kappa shape index (κ2) is 9.15. The van der Waals surface area contributed by atoms with Crippen LogP contribution in [0.4, 0.5) is 17.6 Å². The van der Waals surface area contributed by atoms with Crippen molar-refractivity contribution < 1.29 is 4.74 Å². The van der Waals surface area contributed by atoms with Gasteiger partial charge in [-0.05, 0) is 52.4 Å². The summed E-state index contributed by atoms with van der Waals surface area (Å²) in [6.45, 7) is 13.0. The summed E-state index contributed by atoms with van der Waals surface area (Å²) in [6, 6.07) is 4.44. The molecule has 0 aromatic carbocycles. The third-order valence-electron chi connectivity index (χ3n) is 5.80. The summed E-state index contributed by atoms with van der Waals surface area (Å²) < 4.78 is 7.50. The highest BCUT2D eigenvalue weighted by molar-refractivity contribution is 5.90. The van der Waals surface area contributed by atoms with Gasteiger partial charge in [-0.15, -0.1) is 0 Å². The number of anilines is 3. The van der Waals surface area contributed by atoms with Gasteiger partial charge in [0, 0.05) is 38.5 Å². The van der Waals surface area contributed by atoms with Gasteiger partial charge < -0.3 is 19.9 Å². The van der Waals surface area contributed by atoms with Gasteiger partial charge in [-0.1, -0.05) is 0 Å². The molecular weight excluding hydrogens is 392 g/mol. The number of hydrogen-bond donors (Lipinski definition) is 1. The normalized spacial score (nSPS) is 17.5. The van der Waals surface area contributed by atoms with Crippen molar-refractivity contribution in [2.75, 3.05) is 50.1 Å². The smallest absolute Gasteiger partial charge is 0.228 e. The maximum atomic E-state index is 5.56. The summed E-state index contributed by atoms with van der Waals surface area (Å²) >= 11 is 0. The number of pyridine rings is 1. The van der Waals surface area contributed by atoms with Crippen LogP contribution < -0.4 is 10.2 Å². The predicted molar refractivity (Wildman–Crippen MR) is 123 cm³/mol. The van der Waals surface area contributed by atoms with Crippen molar-refractivity contribution in [1.82, 2.24) is 29.6 Å². The Kier molecular flexibility index (Phi) is 6.33. The van der Waals surface area contributed by atoms with E-state index in [2.05, 4.69) is 41.0 Å². The first kappa shape index (κ1) is 21.5. The molecule has 1 aliphatic rings. The molecule has 0 spiro atoms. The lowest BCUT2D eigenvalue weighted by molar-refractivity contribution is 0.137. The number of hydrogen-bond acceptors (Lipinski definition) is 8. The van der Waals surface area contributed by atoms with Gasteiger partial charge in [0.15, 0.2) is 5.82 Å². The Balaban J connectivity index is 1.77. The molecule has 4 rings (SSSR count). The topological polar surface area (TPSA) is 84.2 Å². The van der Waals surface area contributed by atoms with Crippen LogP contribution >= 0.6 is 0 Å². The summed E-state index contributed by atoms with van der Waals surface area (Å²) in [5.74, 6) is 2.21. The number of piperazine rings is 1. The Morgan fingerprint density at radius 2 is 2.06 bits per heavy atom. The van der Waals surface area contributed by atoms with Crippen LogP contribution in [-0.2, 0) is 11.3 Å². The molecule has 0 saturated carbocycles. The highest BCUT2D eigenvalue weighted by Crippen LogP contribution is 2.29. The summed E-state index contributed by atoms with van der Waals surface area (Å²) in [7, 11) is 2.16. The Hall–Kier alpha value is -2.78. The molecule has 31 heavy (non-hydrogen) atoms. The van der Waals surface area contributed by atoms with Crippen LogP contribution in [0.5, 0.6) is 0 Å². The molecular formula is C22H32N8O. The lowest BCUT2D eigenvalue weighted by Gasteiger charge is -2.37. The number of likely N-dealkylation sites (N-methyl/N-ethyl adjacent to an activating group) is 1. The van der Waals surface area contributed by atoms with Crippen LogP contribution in [0.25, 0.3) is 11.0 Å². The summed E-state index contributed by atoms with van der Waals surface area (Å²) in [6.07, 6.45) is 1.80. The fourth-order valence-corrected chi connectivity index (χ4v) is 3.86. The van der Waals surface area contributed by atoms with Gasteiger partial charge in [0.1, 0.15) is 16.9 Å². The monoisotopic (exact) mass is 424 g/mol. The third kappa shape index (κ3) is 4.62. The fourth-order valence-electron chi connectivity index (χ4n) is 3.86. The SMILES string of the molecule is CCOCCn1nc(C)c2nc(N3CCN(C)[C@@H](C)C3)nc(Nc3cc(C)ccn3)c21. The number of rotatable bonds is 7. The van der Waals surface area contributed by atoms with Crippen molar-refractivity contribution in [1.29, 1.82) is 0 Å². The highest BCUT2D eigenvalue weighted by Gasteiger charge is 2.25. The molecule has 1 N–H and O–H groups in total. The molecule has 1 fully saturated rings. The van der Waals surface area contributed by atoms with Crippen LogP contribution in [0.2, 0.25) is 0 Å². The summed E-state index contributed by atoms with van der Waals surface area (Å²) in [5.41, 5.74) is 3.77. The van der Waals surface area contributed by atoms with E-state index in [0.29, 0.717) is 25.8 Å². The standard InChI is InChI=1S/C22H32N8O/c1-6-31-12-11-30-20-19(17(4)27-30)25-22(29-10-9-28(5)16(3)14-29)26-21(20)24-18-13-15(2)7-8-23-18/h7-8,13,16H,6,9-12,14H2,1-5H3,(H,23,24,25,26)/t16-/m0/s1. The van der Waals surface area contributed by atoms with E-state index in [-0.39, 0.29) is 0 Å². The van der Waals surface area contributed by atoms with Gasteiger partial charge in [0.2, 0.25) is 5.95 Å². The lowest BCUT2D eigenvalue weighted by atomic mass is 10.2. The van der Waals surface area contributed by atoms with E-state index in [1.807, 2.05) is 30.7 Å². The molecule has 3 aromatic heterocycles. The van der Waals surface area contributed by atoms with Gasteiger partial charge in [0.25, 0.3) is 0 Å². The largest absolute Gasteiger partial charge is 0.380 e. The highest BCUT2D eigenvalue weighted by atomic mass is 16.5. The van der Waals surface area contributed by atoms with Crippen LogP contribution in [0.3, 0.4) is 0 Å². The van der Waals surface area contributed by atoms with E-state index < -0.39 is 0 Å². The molecule has 1 atom stereocenters. The first-order valence-corrected chi connectivity index (χ1v) is 10.9. The second-order valence-electron chi connectivity index (χ2n) is 8.19. The van der Waals surface area contributed by atoms with E-state index in [0.717, 1.165) is 59.5 Å². The summed E-state index contributed by atoms with van der Waals surface area (Å²) in [4.78, 5) is 19.0. The average molecular weight is 425 g/mol. The number of nitrogens with one attached hydrogen (secondary N) is 1. The number of aromatic nitrogens is 5. The Morgan fingerprint density at radius 3 is 2.81 bits per heavy atom. The quantitative estimate of drug-likeness (QED) is 0.580. The molecule has 1 saturated heterocycles. The van der Waals surface area contributed by atoms with Crippen LogP contribution in [0, 0.1) is 13.8 Å². The molecule has 3 aromatic rings. The zero-order chi connectivity index (χ0) is 22.0. The second-order valence-corrected chi connectivity index (χ2v) is 8.19. The lowest BCUT2D eigenvalue weighted by Crippen LogP contribution is -2.50. The van der Waals surface area contributed by atoms with E-state index in [1.54, 1.807) is 6.20 Å². The maximum absolute atomic E-state index is 5.56. The third-order valence-corrected chi connectivity index (χ3v) is 5.80. The van der Waals surface area contributed by atoms with Gasteiger partial charge in [-0.25, -0.2) is 9.97 Å². The first-order chi connectivity index (χ1) is 15.0. The van der Waals surface area contributed by atoms with Crippen LogP contribution in [0.15, 0.2) is 18.3 Å². The molecule has 0 aliphatic carbocycles. The number of aryl methyl sites for hydroxylation is 2. The Labute approximate surface area is 183 Å². The molecule has 0 radical (unpaired) electrons. The van der Waals surface area contributed by atoms with Crippen molar-refractivity contribution >= 4 is 28.6 Å². The molecule has 1 aliphatic heterocycles. The van der Waals surface area contributed by atoms with Crippen molar-refractivity contribution in [3.8, 4) is 0 Å². The van der Waals surface area contributed by atoms with E-state index in [1.165, 1.54) is 0 Å². The molecule has 166 valence electrons. The van der Waals surface area contributed by atoms with E-state index >= 15 is 0 Å². The van der Waals surface area contributed by atoms with Crippen molar-refractivity contribution in [2.24, 2.45) is 0 Å². The van der Waals surface area contributed by atoms with Crippen LogP contribution in [0.1, 0.15) is 25.1 Å². The van der Waals surface area contributed by atoms with Crippen molar-refractivity contribution in [3.05, 3.63) is 29.6 Å². The molecule has 4 heterocycles. The van der Waals surface area contributed by atoms with Gasteiger partial charge >= 0.3 is 0 Å². The Bertz CT molecular complexity index is 1050. The minimum Gasteiger partial charge on any atom is -0.380 e. The van der Waals surface area contributed by atoms with Gasteiger partial charge in [-0.2, -0.15) is 10.1 Å². The summed E-state index contributed by atoms with van der Waals surface area (Å²) in [5, 5.41) is 8.17. The van der Waals surface area contributed by atoms with Gasteiger partial charge in [-0.3, -0.25) is 4.68 Å². The van der Waals surface area contributed by atoms with E-state index in [4.69, 9.17) is 19.8 Å². The van der Waals surface area contributed by atoms with Crippen molar-refractivity contribution in [3.63, 3.8) is 0 Å². The Morgan fingerprint density at radius 1 is 1.23 bits per heavy atom. The average Bonchev–Trinajstić information content (AvgIpc) is 3.06. The van der Waals surface area contributed by atoms with Crippen molar-refractivity contribution in [2.45, 2.75) is 40.3 Å².